The van der Waals surface area contributed by atoms with Crippen LogP contribution in [0, 0.1) is 0 Å². The summed E-state index contributed by atoms with van der Waals surface area (Å²) in [5.41, 5.74) is 6.29. The van der Waals surface area contributed by atoms with Crippen molar-refractivity contribution in [2.45, 2.75) is 31.4 Å². The second-order valence-corrected chi connectivity index (χ2v) is 10.1. The van der Waals surface area contributed by atoms with E-state index in [0.717, 1.165) is 29.8 Å². The van der Waals surface area contributed by atoms with E-state index in [1.807, 2.05) is 6.21 Å². The highest BCUT2D eigenvalue weighted by Crippen LogP contribution is 2.55. The van der Waals surface area contributed by atoms with Gasteiger partial charge >= 0.3 is 0 Å². The van der Waals surface area contributed by atoms with Crippen molar-refractivity contribution in [3.05, 3.63) is 90.0 Å². The van der Waals surface area contributed by atoms with E-state index < -0.39 is 5.72 Å². The van der Waals surface area contributed by atoms with Crippen LogP contribution < -0.4 is 14.5 Å². The Morgan fingerprint density at radius 3 is 2.35 bits per heavy atom. The van der Waals surface area contributed by atoms with Gasteiger partial charge in [-0.3, -0.25) is 4.99 Å². The summed E-state index contributed by atoms with van der Waals surface area (Å²) in [7, 11) is 2.11. The molecule has 4 heteroatoms. The topological polar surface area (TPSA) is 28.1 Å². The largest absolute Gasteiger partial charge is 0.459 e. The standard InChI is InChI=1S/C30H27N3O/c1-29(2)23-13-7-9-15-25(23)32(3)30(29)19-31-28-22-12-6-5-11-21(22)26(18-27(28)34-30)33-17-16-20-10-4-8-14-24(20)33/h4-15,18-19H,16-17H2,1-3H3. The number of nitrogens with zero attached hydrogens (tertiary/aromatic N) is 3. The molecule has 3 aliphatic heterocycles. The molecule has 0 aliphatic carbocycles. The summed E-state index contributed by atoms with van der Waals surface area (Å²) in [6.07, 6.45) is 3.07. The highest BCUT2D eigenvalue weighted by atomic mass is 16.5. The van der Waals surface area contributed by atoms with Crippen LogP contribution in [0.25, 0.3) is 10.8 Å². The number of hydrogen-bond donors (Lipinski definition) is 0. The summed E-state index contributed by atoms with van der Waals surface area (Å²) in [5, 5.41) is 2.33. The maximum atomic E-state index is 7.04. The Hall–Kier alpha value is -3.79. The molecule has 0 N–H and O–H groups in total. The lowest BCUT2D eigenvalue weighted by atomic mass is 9.77. The molecule has 168 valence electrons. The fourth-order valence-corrected chi connectivity index (χ4v) is 6.21. The molecule has 0 bridgehead atoms. The van der Waals surface area contributed by atoms with Crippen molar-refractivity contribution >= 4 is 39.7 Å². The monoisotopic (exact) mass is 445 g/mol. The Balaban J connectivity index is 1.43. The summed E-state index contributed by atoms with van der Waals surface area (Å²) < 4.78 is 7.04. The molecule has 0 amide bonds. The van der Waals surface area contributed by atoms with Gasteiger partial charge in [-0.1, -0.05) is 60.7 Å². The Kier molecular flexibility index (Phi) is 3.83. The second kappa shape index (κ2) is 6.63. The lowest BCUT2D eigenvalue weighted by Crippen LogP contribution is -2.61. The molecular weight excluding hydrogens is 418 g/mol. The average molecular weight is 446 g/mol. The lowest BCUT2D eigenvalue weighted by Gasteiger charge is -2.45. The van der Waals surface area contributed by atoms with Crippen LogP contribution in [0.2, 0.25) is 0 Å². The maximum Gasteiger partial charge on any atom is 0.228 e. The van der Waals surface area contributed by atoms with E-state index in [1.54, 1.807) is 0 Å². The molecule has 1 unspecified atom stereocenters. The number of rotatable bonds is 1. The smallest absolute Gasteiger partial charge is 0.228 e. The van der Waals surface area contributed by atoms with Crippen LogP contribution in [0.1, 0.15) is 25.0 Å². The molecule has 3 aliphatic rings. The Labute approximate surface area is 200 Å². The van der Waals surface area contributed by atoms with E-state index in [2.05, 4.69) is 110 Å². The third-order valence-electron chi connectivity index (χ3n) is 8.10. The molecular formula is C30H27N3O. The molecule has 4 nitrogen and oxygen atoms in total. The van der Waals surface area contributed by atoms with Gasteiger partial charge in [-0.15, -0.1) is 0 Å². The molecule has 34 heavy (non-hydrogen) atoms. The number of fused-ring (bicyclic) bond motifs is 5. The zero-order chi connectivity index (χ0) is 23.1. The summed E-state index contributed by atoms with van der Waals surface area (Å²) in [6, 6.07) is 28.1. The Morgan fingerprint density at radius 2 is 1.53 bits per heavy atom. The van der Waals surface area contributed by atoms with Crippen molar-refractivity contribution in [3.8, 4) is 5.75 Å². The number of benzene rings is 4. The van der Waals surface area contributed by atoms with Crippen LogP contribution in [-0.4, -0.2) is 25.5 Å². The minimum absolute atomic E-state index is 0.272. The molecule has 0 saturated heterocycles. The first kappa shape index (κ1) is 19.7. The average Bonchev–Trinajstić information content (AvgIpc) is 3.36. The van der Waals surface area contributed by atoms with Crippen molar-refractivity contribution in [1.82, 2.24) is 0 Å². The van der Waals surface area contributed by atoms with Crippen LogP contribution in [0.5, 0.6) is 5.75 Å². The van der Waals surface area contributed by atoms with Gasteiger partial charge in [0, 0.05) is 41.8 Å². The third kappa shape index (κ3) is 2.35. The normalized spacial score (nSPS) is 21.5. The first-order valence-electron chi connectivity index (χ1n) is 12.0. The molecule has 4 aromatic rings. The van der Waals surface area contributed by atoms with Gasteiger partial charge in [0.2, 0.25) is 5.72 Å². The van der Waals surface area contributed by atoms with Gasteiger partial charge in [0.1, 0.15) is 5.69 Å². The highest BCUT2D eigenvalue weighted by molar-refractivity contribution is 6.07. The molecule has 1 atom stereocenters. The molecule has 0 fully saturated rings. The molecule has 0 aromatic heterocycles. The number of anilines is 3. The summed E-state index contributed by atoms with van der Waals surface area (Å²) in [4.78, 5) is 9.77. The molecule has 3 heterocycles. The predicted octanol–water partition coefficient (Wildman–Crippen LogP) is 6.75. The summed E-state index contributed by atoms with van der Waals surface area (Å²) in [6.45, 7) is 5.48. The van der Waals surface area contributed by atoms with Gasteiger partial charge in [-0.05, 0) is 43.5 Å². The Bertz CT molecular complexity index is 1500. The highest BCUT2D eigenvalue weighted by Gasteiger charge is 2.58. The summed E-state index contributed by atoms with van der Waals surface area (Å²) >= 11 is 0. The third-order valence-corrected chi connectivity index (χ3v) is 8.10. The van der Waals surface area contributed by atoms with Crippen molar-refractivity contribution < 1.29 is 4.74 Å². The predicted molar refractivity (Wildman–Crippen MR) is 140 cm³/mol. The zero-order valence-electron chi connectivity index (χ0n) is 19.7. The number of para-hydroxylation sites is 2. The van der Waals surface area contributed by atoms with Gasteiger partial charge in [-0.25, -0.2) is 0 Å². The minimum Gasteiger partial charge on any atom is -0.459 e. The fraction of sp³-hybridized carbons (Fsp3) is 0.233. The van der Waals surface area contributed by atoms with Gasteiger partial charge in [-0.2, -0.15) is 0 Å². The van der Waals surface area contributed by atoms with E-state index in [0.29, 0.717) is 0 Å². The number of ether oxygens (including phenoxy) is 1. The maximum absolute atomic E-state index is 7.04. The van der Waals surface area contributed by atoms with Crippen molar-refractivity contribution in [1.29, 1.82) is 0 Å². The summed E-state index contributed by atoms with van der Waals surface area (Å²) in [5.74, 6) is 0.841. The Morgan fingerprint density at radius 1 is 0.824 bits per heavy atom. The van der Waals surface area contributed by atoms with Crippen LogP contribution >= 0.6 is 0 Å². The lowest BCUT2D eigenvalue weighted by molar-refractivity contribution is 0.0827. The molecule has 1 spiro atoms. The fourth-order valence-electron chi connectivity index (χ4n) is 6.21. The molecule has 4 aromatic carbocycles. The van der Waals surface area contributed by atoms with Crippen molar-refractivity contribution in [2.24, 2.45) is 4.99 Å². The van der Waals surface area contributed by atoms with E-state index in [9.17, 15) is 0 Å². The zero-order valence-corrected chi connectivity index (χ0v) is 19.7. The molecule has 7 rings (SSSR count). The SMILES string of the molecule is CN1c2ccccc2C(C)(C)C12C=Nc1c(cc(N3CCc4ccccc43)c3ccccc13)O2. The van der Waals surface area contributed by atoms with Crippen LogP contribution in [0.4, 0.5) is 22.7 Å². The minimum atomic E-state index is -0.688. The van der Waals surface area contributed by atoms with Gasteiger partial charge < -0.3 is 14.5 Å². The second-order valence-electron chi connectivity index (χ2n) is 10.1. The van der Waals surface area contributed by atoms with E-state index in [4.69, 9.17) is 9.73 Å². The van der Waals surface area contributed by atoms with E-state index >= 15 is 0 Å². The molecule has 0 radical (unpaired) electrons. The van der Waals surface area contributed by atoms with Crippen LogP contribution in [-0.2, 0) is 11.8 Å². The van der Waals surface area contributed by atoms with Gasteiger partial charge in [0.05, 0.1) is 17.3 Å². The first-order chi connectivity index (χ1) is 16.5. The quantitative estimate of drug-likeness (QED) is 0.324. The van der Waals surface area contributed by atoms with Crippen molar-refractivity contribution in [3.63, 3.8) is 0 Å². The first-order valence-corrected chi connectivity index (χ1v) is 12.0. The van der Waals surface area contributed by atoms with Crippen LogP contribution in [0.3, 0.4) is 0 Å². The number of hydrogen-bond acceptors (Lipinski definition) is 4. The number of likely N-dealkylation sites (N-methyl/N-ethyl adjacent to an activating group) is 1. The molecule has 0 saturated carbocycles. The number of aliphatic imine (C=N–C) groups is 1. The van der Waals surface area contributed by atoms with Gasteiger partial charge in [0.15, 0.2) is 5.75 Å². The van der Waals surface area contributed by atoms with E-state index in [-0.39, 0.29) is 5.41 Å². The van der Waals surface area contributed by atoms with E-state index in [1.165, 1.54) is 33.6 Å². The van der Waals surface area contributed by atoms with Crippen molar-refractivity contribution in [2.75, 3.05) is 23.4 Å². The van der Waals surface area contributed by atoms with Gasteiger partial charge in [0.25, 0.3) is 0 Å². The van der Waals surface area contributed by atoms with Crippen LogP contribution in [0.15, 0.2) is 83.9 Å².